The van der Waals surface area contributed by atoms with E-state index in [1.54, 1.807) is 24.3 Å². The van der Waals surface area contributed by atoms with Crippen LogP contribution in [0.4, 0.5) is 5.69 Å². The molecule has 168 valence electrons. The molecule has 1 fully saturated rings. The molecule has 0 atom stereocenters. The molecule has 0 radical (unpaired) electrons. The number of rotatable bonds is 5. The maximum atomic E-state index is 12.8. The first-order valence-electron chi connectivity index (χ1n) is 10.9. The molecule has 32 heavy (non-hydrogen) atoms. The molecule has 0 bridgehead atoms. The first-order valence-corrected chi connectivity index (χ1v) is 10.9. The highest BCUT2D eigenvalue weighted by Gasteiger charge is 2.27. The van der Waals surface area contributed by atoms with Gasteiger partial charge in [-0.25, -0.2) is 14.8 Å². The summed E-state index contributed by atoms with van der Waals surface area (Å²) in [7, 11) is 3.26. The minimum Gasteiger partial charge on any atom is -0.465 e. The standard InChI is InChI=1S/C24H28N4O4/c1-14-5-4-6-18(25-14)23(30)27-19-12-21-20(11-17(19)24(31)32-3)26-22(28(21)2)16-9-7-15(13-29)8-10-16/h4-6,11-12,15-16,29H,7-10,13H2,1-3H3,(H,27,30). The zero-order chi connectivity index (χ0) is 22.8. The molecule has 1 aliphatic carbocycles. The van der Waals surface area contributed by atoms with Gasteiger partial charge in [0.1, 0.15) is 11.5 Å². The Labute approximate surface area is 186 Å². The summed E-state index contributed by atoms with van der Waals surface area (Å²) >= 11 is 0. The second kappa shape index (κ2) is 9.08. The highest BCUT2D eigenvalue weighted by atomic mass is 16.5. The molecule has 8 nitrogen and oxygen atoms in total. The quantitative estimate of drug-likeness (QED) is 0.592. The maximum Gasteiger partial charge on any atom is 0.340 e. The van der Waals surface area contributed by atoms with Gasteiger partial charge in [0.15, 0.2) is 0 Å². The SMILES string of the molecule is COC(=O)c1cc2nc(C3CCC(CO)CC3)n(C)c2cc1NC(=O)c1cccc(C)n1. The fourth-order valence-electron chi connectivity index (χ4n) is 4.46. The number of aliphatic hydroxyl groups is 1. The van der Waals surface area contributed by atoms with Gasteiger partial charge in [-0.3, -0.25) is 4.79 Å². The number of amides is 1. The predicted octanol–water partition coefficient (Wildman–Crippen LogP) is 3.58. The normalized spacial score (nSPS) is 18.5. The molecule has 2 heterocycles. The molecule has 0 unspecified atom stereocenters. The molecule has 2 aromatic heterocycles. The van der Waals surface area contributed by atoms with Gasteiger partial charge in [0.2, 0.25) is 0 Å². The Bertz CT molecular complexity index is 1160. The second-order valence-electron chi connectivity index (χ2n) is 8.43. The molecule has 4 rings (SSSR count). The molecule has 0 aliphatic heterocycles. The number of pyridine rings is 1. The van der Waals surface area contributed by atoms with Crippen LogP contribution in [0.3, 0.4) is 0 Å². The van der Waals surface area contributed by atoms with Crippen LogP contribution in [0, 0.1) is 12.8 Å². The summed E-state index contributed by atoms with van der Waals surface area (Å²) < 4.78 is 6.97. The van der Waals surface area contributed by atoms with Crippen LogP contribution < -0.4 is 5.32 Å². The van der Waals surface area contributed by atoms with Gasteiger partial charge in [-0.05, 0) is 62.8 Å². The number of carbonyl (C=O) groups is 2. The third-order valence-electron chi connectivity index (χ3n) is 6.30. The van der Waals surface area contributed by atoms with Crippen molar-refractivity contribution in [3.05, 3.63) is 53.1 Å². The Kier molecular flexibility index (Phi) is 6.23. The van der Waals surface area contributed by atoms with Crippen molar-refractivity contribution in [3.63, 3.8) is 0 Å². The summed E-state index contributed by atoms with van der Waals surface area (Å²) in [4.78, 5) is 34.3. The Morgan fingerprint density at radius 3 is 2.59 bits per heavy atom. The summed E-state index contributed by atoms with van der Waals surface area (Å²) in [5.74, 6) is 0.671. The van der Waals surface area contributed by atoms with E-state index in [9.17, 15) is 14.7 Å². The molecule has 8 heteroatoms. The smallest absolute Gasteiger partial charge is 0.340 e. The third-order valence-corrected chi connectivity index (χ3v) is 6.30. The van der Waals surface area contributed by atoms with Crippen molar-refractivity contribution in [1.82, 2.24) is 14.5 Å². The molecule has 1 saturated carbocycles. The number of nitrogens with one attached hydrogen (secondary N) is 1. The van der Waals surface area contributed by atoms with E-state index in [0.717, 1.165) is 42.7 Å². The monoisotopic (exact) mass is 436 g/mol. The van der Waals surface area contributed by atoms with Crippen LogP contribution in [0.15, 0.2) is 30.3 Å². The fourth-order valence-corrected chi connectivity index (χ4v) is 4.46. The number of esters is 1. The molecule has 2 N–H and O–H groups in total. The number of anilines is 1. The summed E-state index contributed by atoms with van der Waals surface area (Å²) in [5, 5.41) is 12.2. The second-order valence-corrected chi connectivity index (χ2v) is 8.43. The third kappa shape index (κ3) is 4.23. The zero-order valence-electron chi connectivity index (χ0n) is 18.6. The van der Waals surface area contributed by atoms with Gasteiger partial charge < -0.3 is 19.7 Å². The van der Waals surface area contributed by atoms with E-state index in [4.69, 9.17) is 9.72 Å². The van der Waals surface area contributed by atoms with Crippen LogP contribution in [0.25, 0.3) is 11.0 Å². The topological polar surface area (TPSA) is 106 Å². The molecular formula is C24H28N4O4. The van der Waals surface area contributed by atoms with Gasteiger partial charge in [0, 0.05) is 25.3 Å². The van der Waals surface area contributed by atoms with Crippen molar-refractivity contribution in [3.8, 4) is 0 Å². The van der Waals surface area contributed by atoms with Crippen LogP contribution in [0.2, 0.25) is 0 Å². The number of aromatic nitrogens is 3. The number of carbonyl (C=O) groups excluding carboxylic acids is 2. The van der Waals surface area contributed by atoms with Crippen molar-refractivity contribution in [1.29, 1.82) is 0 Å². The van der Waals surface area contributed by atoms with Gasteiger partial charge >= 0.3 is 5.97 Å². The van der Waals surface area contributed by atoms with Crippen molar-refractivity contribution < 1.29 is 19.4 Å². The van der Waals surface area contributed by atoms with Crippen molar-refractivity contribution in [2.75, 3.05) is 19.0 Å². The Morgan fingerprint density at radius 2 is 1.94 bits per heavy atom. The minimum absolute atomic E-state index is 0.233. The van der Waals surface area contributed by atoms with Crippen LogP contribution in [0.5, 0.6) is 0 Å². The highest BCUT2D eigenvalue weighted by Crippen LogP contribution is 2.37. The van der Waals surface area contributed by atoms with Crippen molar-refractivity contribution in [2.24, 2.45) is 13.0 Å². The van der Waals surface area contributed by atoms with E-state index in [0.29, 0.717) is 23.0 Å². The minimum atomic E-state index is -0.546. The lowest BCUT2D eigenvalue weighted by Crippen LogP contribution is -2.18. The number of nitrogens with zero attached hydrogens (tertiary/aromatic N) is 3. The van der Waals surface area contributed by atoms with Gasteiger partial charge in [-0.1, -0.05) is 6.07 Å². The van der Waals surface area contributed by atoms with E-state index >= 15 is 0 Å². The molecule has 0 saturated heterocycles. The van der Waals surface area contributed by atoms with Gasteiger partial charge in [0.05, 0.1) is 29.4 Å². The highest BCUT2D eigenvalue weighted by molar-refractivity contribution is 6.09. The first kappa shape index (κ1) is 22.0. The van der Waals surface area contributed by atoms with Crippen molar-refractivity contribution in [2.45, 2.75) is 38.5 Å². The largest absolute Gasteiger partial charge is 0.465 e. The van der Waals surface area contributed by atoms with Crippen LogP contribution in [0.1, 0.15) is 64.0 Å². The number of methoxy groups -OCH3 is 1. The Hall–Kier alpha value is -3.26. The summed E-state index contributed by atoms with van der Waals surface area (Å²) in [5.41, 5.74) is 3.11. The lowest BCUT2D eigenvalue weighted by molar-refractivity contribution is 0.0602. The number of aliphatic hydroxyl groups excluding tert-OH is 1. The average molecular weight is 437 g/mol. The van der Waals surface area contributed by atoms with Gasteiger partial charge in [0.25, 0.3) is 5.91 Å². The molecule has 3 aromatic rings. The number of aryl methyl sites for hydroxylation is 2. The first-order chi connectivity index (χ1) is 15.4. The maximum absolute atomic E-state index is 12.8. The number of benzene rings is 1. The molecule has 1 aromatic carbocycles. The lowest BCUT2D eigenvalue weighted by Gasteiger charge is -2.26. The van der Waals surface area contributed by atoms with E-state index < -0.39 is 11.9 Å². The molecule has 0 spiro atoms. The zero-order valence-corrected chi connectivity index (χ0v) is 18.6. The average Bonchev–Trinajstić information content (AvgIpc) is 3.13. The van der Waals surface area contributed by atoms with Crippen LogP contribution in [-0.2, 0) is 11.8 Å². The van der Waals surface area contributed by atoms with E-state index in [1.165, 1.54) is 7.11 Å². The van der Waals surface area contributed by atoms with E-state index in [1.807, 2.05) is 24.6 Å². The molecule has 1 aliphatic rings. The van der Waals surface area contributed by atoms with E-state index in [-0.39, 0.29) is 17.9 Å². The predicted molar refractivity (Wildman–Crippen MR) is 121 cm³/mol. The lowest BCUT2D eigenvalue weighted by atomic mass is 9.82. The van der Waals surface area contributed by atoms with Gasteiger partial charge in [-0.15, -0.1) is 0 Å². The summed E-state index contributed by atoms with van der Waals surface area (Å²) in [6.45, 7) is 2.05. The van der Waals surface area contributed by atoms with Gasteiger partial charge in [-0.2, -0.15) is 0 Å². The number of ether oxygens (including phenoxy) is 1. The molecule has 1 amide bonds. The van der Waals surface area contributed by atoms with E-state index in [2.05, 4.69) is 10.3 Å². The van der Waals surface area contributed by atoms with Crippen LogP contribution >= 0.6 is 0 Å². The summed E-state index contributed by atoms with van der Waals surface area (Å²) in [6, 6.07) is 8.65. The number of hydrogen-bond acceptors (Lipinski definition) is 6. The Balaban J connectivity index is 1.71. The fraction of sp³-hybridized carbons (Fsp3) is 0.417. The Morgan fingerprint density at radius 1 is 1.19 bits per heavy atom. The van der Waals surface area contributed by atoms with Crippen LogP contribution in [-0.4, -0.2) is 45.2 Å². The number of fused-ring (bicyclic) bond motifs is 1. The number of imidazole rings is 1. The van der Waals surface area contributed by atoms with Crippen molar-refractivity contribution >= 4 is 28.6 Å². The number of hydrogen-bond donors (Lipinski definition) is 2. The molecular weight excluding hydrogens is 408 g/mol. The summed E-state index contributed by atoms with van der Waals surface area (Å²) in [6.07, 6.45) is 3.88.